The molecule has 1 heterocycles. The lowest BCUT2D eigenvalue weighted by atomic mass is 10.1. The lowest BCUT2D eigenvalue weighted by Gasteiger charge is -2.35. The molecule has 6 heteroatoms. The number of nitrogens with zero attached hydrogens (tertiary/aromatic N) is 1. The first-order chi connectivity index (χ1) is 10.0. The Morgan fingerprint density at radius 1 is 1.29 bits per heavy atom. The van der Waals surface area contributed by atoms with E-state index in [-0.39, 0.29) is 19.3 Å². The number of hydrogen-bond donors (Lipinski definition) is 1. The molecule has 1 aliphatic carbocycles. The molecule has 0 bridgehead atoms. The van der Waals surface area contributed by atoms with Crippen LogP contribution in [0.2, 0.25) is 0 Å². The molecular formula is C15H21NO4S. The Kier molecular flexibility index (Phi) is 4.05. The van der Waals surface area contributed by atoms with Crippen molar-refractivity contribution >= 4 is 10.0 Å². The second-order valence-corrected chi connectivity index (χ2v) is 7.80. The molecule has 2 aliphatic rings. The number of morpholine rings is 1. The van der Waals surface area contributed by atoms with Crippen LogP contribution >= 0.6 is 0 Å². The second kappa shape index (κ2) is 5.68. The van der Waals surface area contributed by atoms with Crippen molar-refractivity contribution in [3.63, 3.8) is 0 Å². The maximum Gasteiger partial charge on any atom is 0.243 e. The third-order valence-corrected chi connectivity index (χ3v) is 6.03. The normalized spacial score (nSPS) is 26.8. The average Bonchev–Trinajstić information content (AvgIpc) is 2.93. The highest BCUT2D eigenvalue weighted by atomic mass is 32.2. The Labute approximate surface area is 125 Å². The third kappa shape index (κ3) is 2.85. The van der Waals surface area contributed by atoms with Crippen molar-refractivity contribution < 1.29 is 18.3 Å². The lowest BCUT2D eigenvalue weighted by molar-refractivity contribution is -0.0750. The van der Waals surface area contributed by atoms with Crippen LogP contribution in [0.1, 0.15) is 24.5 Å². The van der Waals surface area contributed by atoms with E-state index in [9.17, 15) is 13.5 Å². The molecule has 2 unspecified atom stereocenters. The van der Waals surface area contributed by atoms with E-state index in [1.165, 1.54) is 9.87 Å². The van der Waals surface area contributed by atoms with Crippen LogP contribution in [0.5, 0.6) is 0 Å². The summed E-state index contributed by atoms with van der Waals surface area (Å²) in [6.45, 7) is 2.20. The van der Waals surface area contributed by atoms with Crippen molar-refractivity contribution in [1.82, 2.24) is 4.31 Å². The minimum absolute atomic E-state index is 0.166. The number of rotatable bonds is 3. The lowest BCUT2D eigenvalue weighted by Crippen LogP contribution is -2.50. The molecule has 0 aromatic heterocycles. The third-order valence-electron chi connectivity index (χ3n) is 4.20. The molecule has 1 aromatic rings. The fraction of sp³-hybridized carbons (Fsp3) is 0.600. The summed E-state index contributed by atoms with van der Waals surface area (Å²) in [5.74, 6) is 0. The molecule has 0 radical (unpaired) electrons. The van der Waals surface area contributed by atoms with E-state index in [0.29, 0.717) is 11.4 Å². The minimum Gasteiger partial charge on any atom is -0.394 e. The minimum atomic E-state index is -3.52. The predicted octanol–water partition coefficient (Wildman–Crippen LogP) is 0.946. The molecule has 21 heavy (non-hydrogen) atoms. The van der Waals surface area contributed by atoms with Gasteiger partial charge in [-0.15, -0.1) is 0 Å². The van der Waals surface area contributed by atoms with Crippen molar-refractivity contribution in [3.05, 3.63) is 29.3 Å². The molecule has 5 nitrogen and oxygen atoms in total. The van der Waals surface area contributed by atoms with Gasteiger partial charge < -0.3 is 9.84 Å². The smallest absolute Gasteiger partial charge is 0.243 e. The molecule has 1 fully saturated rings. The zero-order chi connectivity index (χ0) is 15.0. The highest BCUT2D eigenvalue weighted by Gasteiger charge is 2.34. The van der Waals surface area contributed by atoms with E-state index >= 15 is 0 Å². The number of aliphatic hydroxyl groups is 1. The van der Waals surface area contributed by atoms with Crippen LogP contribution in [0.4, 0.5) is 0 Å². The largest absolute Gasteiger partial charge is 0.394 e. The predicted molar refractivity (Wildman–Crippen MR) is 78.6 cm³/mol. The van der Waals surface area contributed by atoms with E-state index in [2.05, 4.69) is 0 Å². The van der Waals surface area contributed by atoms with E-state index in [0.717, 1.165) is 24.8 Å². The Morgan fingerprint density at radius 2 is 2.05 bits per heavy atom. The van der Waals surface area contributed by atoms with Crippen LogP contribution in [-0.4, -0.2) is 49.7 Å². The van der Waals surface area contributed by atoms with Gasteiger partial charge in [0, 0.05) is 13.1 Å². The molecule has 0 amide bonds. The van der Waals surface area contributed by atoms with Gasteiger partial charge in [-0.1, -0.05) is 6.07 Å². The molecule has 116 valence electrons. The Bertz CT molecular complexity index is 629. The number of fused-ring (bicyclic) bond motifs is 1. The maximum atomic E-state index is 12.8. The molecule has 1 saturated heterocycles. The quantitative estimate of drug-likeness (QED) is 0.902. The Morgan fingerprint density at radius 3 is 2.81 bits per heavy atom. The summed E-state index contributed by atoms with van der Waals surface area (Å²) in [6.07, 6.45) is 2.44. The van der Waals surface area contributed by atoms with Crippen LogP contribution in [0.15, 0.2) is 23.1 Å². The van der Waals surface area contributed by atoms with Gasteiger partial charge in [0.1, 0.15) is 0 Å². The summed E-state index contributed by atoms with van der Waals surface area (Å²) in [6, 6.07) is 5.45. The zero-order valence-electron chi connectivity index (χ0n) is 12.2. The molecule has 0 saturated carbocycles. The highest BCUT2D eigenvalue weighted by Crippen LogP contribution is 2.27. The summed E-state index contributed by atoms with van der Waals surface area (Å²) in [4.78, 5) is 0.355. The van der Waals surface area contributed by atoms with Gasteiger partial charge in [0.05, 0.1) is 23.7 Å². The number of sulfonamides is 1. The van der Waals surface area contributed by atoms with Crippen LogP contribution in [-0.2, 0) is 27.6 Å². The van der Waals surface area contributed by atoms with Crippen molar-refractivity contribution in [2.24, 2.45) is 0 Å². The van der Waals surface area contributed by atoms with E-state index in [1.54, 1.807) is 6.07 Å². The number of benzene rings is 1. The Balaban J connectivity index is 1.89. The zero-order valence-corrected chi connectivity index (χ0v) is 13.0. The summed E-state index contributed by atoms with van der Waals surface area (Å²) in [7, 11) is -3.52. The van der Waals surface area contributed by atoms with Crippen molar-refractivity contribution in [3.8, 4) is 0 Å². The second-order valence-electron chi connectivity index (χ2n) is 5.86. The van der Waals surface area contributed by atoms with Gasteiger partial charge in [0.2, 0.25) is 10.0 Å². The number of hydrogen-bond acceptors (Lipinski definition) is 4. The van der Waals surface area contributed by atoms with E-state index in [1.807, 2.05) is 19.1 Å². The molecular weight excluding hydrogens is 290 g/mol. The number of ether oxygens (including phenoxy) is 1. The first-order valence-corrected chi connectivity index (χ1v) is 8.83. The SMILES string of the molecule is CC1CN(S(=O)(=O)c2ccc3c(c2)CCC3)CC(CO)O1. The average molecular weight is 311 g/mol. The van der Waals surface area contributed by atoms with Crippen molar-refractivity contribution in [2.75, 3.05) is 19.7 Å². The van der Waals surface area contributed by atoms with E-state index in [4.69, 9.17) is 4.74 Å². The Hall–Kier alpha value is -0.950. The fourth-order valence-electron chi connectivity index (χ4n) is 3.16. The summed E-state index contributed by atoms with van der Waals surface area (Å²) in [5.41, 5.74) is 2.41. The standard InChI is InChI=1S/C15H21NO4S/c1-11-8-16(9-14(10-17)20-11)21(18,19)15-6-5-12-3-2-4-13(12)7-15/h5-7,11,14,17H,2-4,8-10H2,1H3. The van der Waals surface area contributed by atoms with E-state index < -0.39 is 16.1 Å². The summed E-state index contributed by atoms with van der Waals surface area (Å²) < 4.78 is 32.5. The number of aryl methyl sites for hydroxylation is 2. The van der Waals surface area contributed by atoms with Crippen molar-refractivity contribution in [1.29, 1.82) is 0 Å². The summed E-state index contributed by atoms with van der Waals surface area (Å²) in [5, 5.41) is 9.24. The van der Waals surface area contributed by atoms with Gasteiger partial charge in [-0.3, -0.25) is 0 Å². The molecule has 0 spiro atoms. The van der Waals surface area contributed by atoms with Crippen LogP contribution < -0.4 is 0 Å². The van der Waals surface area contributed by atoms with Gasteiger partial charge >= 0.3 is 0 Å². The molecule has 1 aromatic carbocycles. The van der Waals surface area contributed by atoms with Gasteiger partial charge in [-0.2, -0.15) is 4.31 Å². The first-order valence-electron chi connectivity index (χ1n) is 7.39. The monoisotopic (exact) mass is 311 g/mol. The van der Waals surface area contributed by atoms with Gasteiger partial charge in [-0.05, 0) is 49.4 Å². The molecule has 1 N–H and O–H groups in total. The highest BCUT2D eigenvalue weighted by molar-refractivity contribution is 7.89. The maximum absolute atomic E-state index is 12.8. The van der Waals surface area contributed by atoms with Gasteiger partial charge in [-0.25, -0.2) is 8.42 Å². The van der Waals surface area contributed by atoms with Gasteiger partial charge in [0.15, 0.2) is 0 Å². The number of aliphatic hydroxyl groups excluding tert-OH is 1. The molecule has 2 atom stereocenters. The van der Waals surface area contributed by atoms with Crippen LogP contribution in [0, 0.1) is 0 Å². The molecule has 3 rings (SSSR count). The first kappa shape index (κ1) is 15.0. The van der Waals surface area contributed by atoms with Crippen molar-refractivity contribution in [2.45, 2.75) is 43.3 Å². The van der Waals surface area contributed by atoms with Crippen LogP contribution in [0.25, 0.3) is 0 Å². The fourth-order valence-corrected chi connectivity index (χ4v) is 4.76. The summed E-state index contributed by atoms with van der Waals surface area (Å²) >= 11 is 0. The molecule has 1 aliphatic heterocycles. The topological polar surface area (TPSA) is 66.8 Å². The van der Waals surface area contributed by atoms with Crippen LogP contribution in [0.3, 0.4) is 0 Å². The van der Waals surface area contributed by atoms with Gasteiger partial charge in [0.25, 0.3) is 0 Å².